The quantitative estimate of drug-likeness (QED) is 0.829. The number of hydrogen-bond donors (Lipinski definition) is 2. The monoisotopic (exact) mass is 268 g/mol. The standard InChI is InChI=1S/C17H20N2O/c1-3-6-13-7-4-5-8-16(13)19-17(20)14-10-9-12(2)11-15(14)18/h4-5,7-11H,3,6,18H2,1-2H3,(H,19,20). The van der Waals surface area contributed by atoms with E-state index in [1.165, 1.54) is 0 Å². The lowest BCUT2D eigenvalue weighted by Crippen LogP contribution is -2.15. The third kappa shape index (κ3) is 3.18. The van der Waals surface area contributed by atoms with Crippen LogP contribution in [-0.2, 0) is 6.42 Å². The number of hydrogen-bond acceptors (Lipinski definition) is 2. The lowest BCUT2D eigenvalue weighted by Gasteiger charge is -2.12. The molecular formula is C17H20N2O. The van der Waals surface area contributed by atoms with E-state index in [9.17, 15) is 4.79 Å². The number of nitrogens with one attached hydrogen (secondary N) is 1. The first-order valence-electron chi connectivity index (χ1n) is 6.87. The molecule has 0 aromatic heterocycles. The average Bonchev–Trinajstić information content (AvgIpc) is 2.41. The summed E-state index contributed by atoms with van der Waals surface area (Å²) in [6, 6.07) is 13.3. The highest BCUT2D eigenvalue weighted by atomic mass is 16.1. The molecule has 2 aromatic rings. The van der Waals surface area contributed by atoms with Crippen molar-refractivity contribution in [3.63, 3.8) is 0 Å². The number of anilines is 2. The molecule has 2 rings (SSSR count). The minimum atomic E-state index is -0.161. The molecule has 0 aliphatic heterocycles. The van der Waals surface area contributed by atoms with Crippen molar-refractivity contribution in [3.05, 3.63) is 59.2 Å². The first-order chi connectivity index (χ1) is 9.61. The van der Waals surface area contributed by atoms with Crippen molar-refractivity contribution < 1.29 is 4.79 Å². The van der Waals surface area contributed by atoms with Crippen LogP contribution in [0.2, 0.25) is 0 Å². The summed E-state index contributed by atoms with van der Waals surface area (Å²) in [4.78, 5) is 12.3. The maximum absolute atomic E-state index is 12.3. The van der Waals surface area contributed by atoms with E-state index in [1.54, 1.807) is 6.07 Å². The van der Waals surface area contributed by atoms with Crippen molar-refractivity contribution in [2.24, 2.45) is 0 Å². The zero-order valence-electron chi connectivity index (χ0n) is 11.9. The van der Waals surface area contributed by atoms with Crippen molar-refractivity contribution in [2.75, 3.05) is 11.1 Å². The van der Waals surface area contributed by atoms with Crippen molar-refractivity contribution in [2.45, 2.75) is 26.7 Å². The summed E-state index contributed by atoms with van der Waals surface area (Å²) >= 11 is 0. The van der Waals surface area contributed by atoms with Crippen LogP contribution in [0.1, 0.15) is 34.8 Å². The van der Waals surface area contributed by atoms with Crippen LogP contribution >= 0.6 is 0 Å². The number of rotatable bonds is 4. The van der Waals surface area contributed by atoms with Gasteiger partial charge in [-0.1, -0.05) is 37.6 Å². The number of para-hydroxylation sites is 1. The van der Waals surface area contributed by atoms with Gasteiger partial charge in [-0.25, -0.2) is 0 Å². The average molecular weight is 268 g/mol. The largest absolute Gasteiger partial charge is 0.398 e. The Morgan fingerprint density at radius 3 is 2.65 bits per heavy atom. The molecule has 3 heteroatoms. The van der Waals surface area contributed by atoms with Crippen molar-refractivity contribution in [1.82, 2.24) is 0 Å². The van der Waals surface area contributed by atoms with Gasteiger partial charge in [-0.2, -0.15) is 0 Å². The molecule has 0 atom stereocenters. The summed E-state index contributed by atoms with van der Waals surface area (Å²) in [6.07, 6.45) is 1.99. The van der Waals surface area contributed by atoms with Gasteiger partial charge in [0.25, 0.3) is 5.91 Å². The molecule has 0 aliphatic carbocycles. The number of benzene rings is 2. The maximum Gasteiger partial charge on any atom is 0.257 e. The molecule has 0 saturated heterocycles. The molecule has 20 heavy (non-hydrogen) atoms. The Bertz CT molecular complexity index is 620. The molecule has 0 aliphatic rings. The minimum Gasteiger partial charge on any atom is -0.398 e. The number of nitrogens with two attached hydrogens (primary N) is 1. The first kappa shape index (κ1) is 14.1. The van der Waals surface area contributed by atoms with E-state index in [1.807, 2.05) is 43.3 Å². The fourth-order valence-corrected chi connectivity index (χ4v) is 2.21. The van der Waals surface area contributed by atoms with E-state index in [0.29, 0.717) is 11.3 Å². The van der Waals surface area contributed by atoms with E-state index < -0.39 is 0 Å². The van der Waals surface area contributed by atoms with Gasteiger partial charge < -0.3 is 11.1 Å². The lowest BCUT2D eigenvalue weighted by atomic mass is 10.1. The SMILES string of the molecule is CCCc1ccccc1NC(=O)c1ccc(C)cc1N. The van der Waals surface area contributed by atoms with E-state index in [4.69, 9.17) is 5.73 Å². The Morgan fingerprint density at radius 2 is 1.95 bits per heavy atom. The van der Waals surface area contributed by atoms with E-state index >= 15 is 0 Å². The highest BCUT2D eigenvalue weighted by molar-refractivity contribution is 6.08. The molecule has 0 spiro atoms. The Kier molecular flexibility index (Phi) is 4.41. The summed E-state index contributed by atoms with van der Waals surface area (Å²) in [7, 11) is 0. The minimum absolute atomic E-state index is 0.161. The second kappa shape index (κ2) is 6.24. The van der Waals surface area contributed by atoms with Gasteiger partial charge >= 0.3 is 0 Å². The van der Waals surface area contributed by atoms with Gasteiger partial charge in [0.15, 0.2) is 0 Å². The van der Waals surface area contributed by atoms with E-state index in [2.05, 4.69) is 12.2 Å². The normalized spacial score (nSPS) is 10.3. The predicted octanol–water partition coefficient (Wildman–Crippen LogP) is 3.78. The second-order valence-corrected chi connectivity index (χ2v) is 4.95. The Hall–Kier alpha value is -2.29. The second-order valence-electron chi connectivity index (χ2n) is 4.95. The summed E-state index contributed by atoms with van der Waals surface area (Å²) in [5, 5.41) is 2.95. The number of amides is 1. The smallest absolute Gasteiger partial charge is 0.257 e. The molecule has 3 N–H and O–H groups in total. The Morgan fingerprint density at radius 1 is 1.20 bits per heavy atom. The molecule has 1 amide bonds. The number of aryl methyl sites for hydroxylation is 2. The zero-order chi connectivity index (χ0) is 14.5. The molecule has 0 heterocycles. The number of carbonyl (C=O) groups excluding carboxylic acids is 1. The third-order valence-corrected chi connectivity index (χ3v) is 3.24. The van der Waals surface area contributed by atoms with Crippen molar-refractivity contribution in [1.29, 1.82) is 0 Å². The van der Waals surface area contributed by atoms with Gasteiger partial charge in [0.05, 0.1) is 5.56 Å². The number of carbonyl (C=O) groups is 1. The van der Waals surface area contributed by atoms with E-state index in [0.717, 1.165) is 29.7 Å². The van der Waals surface area contributed by atoms with Gasteiger partial charge in [-0.15, -0.1) is 0 Å². The molecule has 0 radical (unpaired) electrons. The van der Waals surface area contributed by atoms with Gasteiger partial charge in [0, 0.05) is 11.4 Å². The summed E-state index contributed by atoms with van der Waals surface area (Å²) in [5.41, 5.74) is 9.99. The summed E-state index contributed by atoms with van der Waals surface area (Å²) in [5.74, 6) is -0.161. The highest BCUT2D eigenvalue weighted by Gasteiger charge is 2.11. The van der Waals surface area contributed by atoms with E-state index in [-0.39, 0.29) is 5.91 Å². The maximum atomic E-state index is 12.3. The van der Waals surface area contributed by atoms with Crippen LogP contribution in [0.5, 0.6) is 0 Å². The molecule has 0 unspecified atom stereocenters. The topological polar surface area (TPSA) is 55.1 Å². The third-order valence-electron chi connectivity index (χ3n) is 3.24. The molecule has 3 nitrogen and oxygen atoms in total. The first-order valence-corrected chi connectivity index (χ1v) is 6.87. The number of nitrogen functional groups attached to an aromatic ring is 1. The van der Waals surface area contributed by atoms with Crippen LogP contribution in [0.3, 0.4) is 0 Å². The lowest BCUT2D eigenvalue weighted by molar-refractivity contribution is 0.102. The molecule has 0 bridgehead atoms. The zero-order valence-corrected chi connectivity index (χ0v) is 11.9. The Balaban J connectivity index is 2.23. The van der Waals surface area contributed by atoms with Crippen LogP contribution in [-0.4, -0.2) is 5.91 Å². The van der Waals surface area contributed by atoms with Gasteiger partial charge in [0.1, 0.15) is 0 Å². The van der Waals surface area contributed by atoms with Gasteiger partial charge in [-0.05, 0) is 42.7 Å². The van der Waals surface area contributed by atoms with Gasteiger partial charge in [-0.3, -0.25) is 4.79 Å². The molecular weight excluding hydrogens is 248 g/mol. The summed E-state index contributed by atoms with van der Waals surface area (Å²) < 4.78 is 0. The van der Waals surface area contributed by atoms with Gasteiger partial charge in [0.2, 0.25) is 0 Å². The fraction of sp³-hybridized carbons (Fsp3) is 0.235. The van der Waals surface area contributed by atoms with Crippen LogP contribution in [0, 0.1) is 6.92 Å². The fourth-order valence-electron chi connectivity index (χ4n) is 2.21. The molecule has 0 saturated carbocycles. The Labute approximate surface area is 119 Å². The highest BCUT2D eigenvalue weighted by Crippen LogP contribution is 2.20. The molecule has 2 aromatic carbocycles. The van der Waals surface area contributed by atoms with Crippen molar-refractivity contribution >= 4 is 17.3 Å². The van der Waals surface area contributed by atoms with Crippen LogP contribution in [0.25, 0.3) is 0 Å². The van der Waals surface area contributed by atoms with Crippen LogP contribution in [0.4, 0.5) is 11.4 Å². The molecule has 104 valence electrons. The molecule has 0 fully saturated rings. The van der Waals surface area contributed by atoms with Crippen LogP contribution < -0.4 is 11.1 Å². The van der Waals surface area contributed by atoms with Crippen LogP contribution in [0.15, 0.2) is 42.5 Å². The van der Waals surface area contributed by atoms with Crippen molar-refractivity contribution in [3.8, 4) is 0 Å². The predicted molar refractivity (Wildman–Crippen MR) is 84.0 cm³/mol. The summed E-state index contributed by atoms with van der Waals surface area (Å²) in [6.45, 7) is 4.07.